The van der Waals surface area contributed by atoms with Gasteiger partial charge in [-0.2, -0.15) is 0 Å². The monoisotopic (exact) mass is 311 g/mol. The quantitative estimate of drug-likeness (QED) is 0.842. The molecule has 1 aromatic carbocycles. The second kappa shape index (κ2) is 5.68. The van der Waals surface area contributed by atoms with Crippen LogP contribution in [0.15, 0.2) is 24.4 Å². The lowest BCUT2D eigenvalue weighted by Crippen LogP contribution is -2.46. The number of hydrogen-bond donors (Lipinski definition) is 2. The number of nitrogens with one attached hydrogen (secondary N) is 2. The largest absolute Gasteiger partial charge is 0.361 e. The summed E-state index contributed by atoms with van der Waals surface area (Å²) >= 11 is 0. The molecule has 2 aliphatic rings. The van der Waals surface area contributed by atoms with Gasteiger partial charge in [-0.1, -0.05) is 6.07 Å². The van der Waals surface area contributed by atoms with Crippen molar-refractivity contribution in [1.29, 1.82) is 0 Å². The van der Waals surface area contributed by atoms with E-state index in [9.17, 15) is 4.79 Å². The van der Waals surface area contributed by atoms with Crippen LogP contribution in [-0.4, -0.2) is 34.4 Å². The van der Waals surface area contributed by atoms with E-state index < -0.39 is 0 Å². The molecule has 4 rings (SSSR count). The number of anilines is 1. The first-order chi connectivity index (χ1) is 11.2. The number of aromatic nitrogens is 1. The van der Waals surface area contributed by atoms with Crippen LogP contribution in [0.2, 0.25) is 0 Å². The number of carbonyl (C=O) groups excluding carboxylic acids is 1. The maximum absolute atomic E-state index is 10.9. The minimum atomic E-state index is 0.589. The van der Waals surface area contributed by atoms with E-state index in [1.807, 2.05) is 12.1 Å². The third-order valence-electron chi connectivity index (χ3n) is 5.78. The lowest BCUT2D eigenvalue weighted by Gasteiger charge is -2.41. The second-order valence-electron chi connectivity index (χ2n) is 7.33. The van der Waals surface area contributed by atoms with E-state index in [2.05, 4.69) is 41.3 Å². The molecule has 0 radical (unpaired) electrons. The first kappa shape index (κ1) is 14.8. The molecule has 2 aliphatic heterocycles. The molecule has 122 valence electrons. The average Bonchev–Trinajstić information content (AvgIpc) is 3.08. The molecular formula is C19H25N3O. The van der Waals surface area contributed by atoms with Gasteiger partial charge in [0.2, 0.25) is 6.41 Å². The Kier molecular flexibility index (Phi) is 3.64. The lowest BCUT2D eigenvalue weighted by atomic mass is 9.84. The Morgan fingerprint density at radius 1 is 1.26 bits per heavy atom. The molecule has 1 amide bonds. The number of amides is 1. The highest BCUT2D eigenvalue weighted by molar-refractivity contribution is 5.98. The van der Waals surface area contributed by atoms with Crippen LogP contribution in [-0.2, 0) is 4.79 Å². The summed E-state index contributed by atoms with van der Waals surface area (Å²) in [6.07, 6.45) is 8.07. The molecule has 4 nitrogen and oxygen atoms in total. The van der Waals surface area contributed by atoms with Gasteiger partial charge in [-0.25, -0.2) is 0 Å². The number of nitrogens with zero attached hydrogens (tertiary/aromatic N) is 1. The minimum Gasteiger partial charge on any atom is -0.361 e. The van der Waals surface area contributed by atoms with Gasteiger partial charge in [0.05, 0.1) is 5.69 Å². The van der Waals surface area contributed by atoms with Crippen molar-refractivity contribution >= 4 is 23.0 Å². The summed E-state index contributed by atoms with van der Waals surface area (Å²) in [5.41, 5.74) is 3.42. The highest BCUT2D eigenvalue weighted by Gasteiger charge is 2.42. The molecule has 2 atom stereocenters. The first-order valence-electron chi connectivity index (χ1n) is 8.76. The molecule has 2 fully saturated rings. The molecule has 0 spiro atoms. The second-order valence-corrected chi connectivity index (χ2v) is 7.33. The number of aromatic amines is 1. The summed E-state index contributed by atoms with van der Waals surface area (Å²) in [4.78, 5) is 17.1. The van der Waals surface area contributed by atoms with Crippen molar-refractivity contribution in [1.82, 2.24) is 9.88 Å². The van der Waals surface area contributed by atoms with Crippen LogP contribution >= 0.6 is 0 Å². The van der Waals surface area contributed by atoms with E-state index in [-0.39, 0.29) is 0 Å². The van der Waals surface area contributed by atoms with Crippen LogP contribution in [0.3, 0.4) is 0 Å². The SMILES string of the molecule is CC(C)N1C2CCC1CC(c1c[nH]c3cccc(NC=O)c13)C2. The Balaban J connectivity index is 1.70. The molecule has 2 bridgehead atoms. The molecule has 23 heavy (non-hydrogen) atoms. The fraction of sp³-hybridized carbons (Fsp3) is 0.526. The topological polar surface area (TPSA) is 48.1 Å². The molecule has 2 saturated heterocycles. The van der Waals surface area contributed by atoms with Crippen molar-refractivity contribution in [2.45, 2.75) is 63.6 Å². The van der Waals surface area contributed by atoms with Crippen LogP contribution < -0.4 is 5.32 Å². The van der Waals surface area contributed by atoms with Crippen molar-refractivity contribution in [3.8, 4) is 0 Å². The van der Waals surface area contributed by atoms with Crippen LogP contribution in [0, 0.1) is 0 Å². The summed E-state index contributed by atoms with van der Waals surface area (Å²) in [5.74, 6) is 0.589. The van der Waals surface area contributed by atoms with E-state index in [0.29, 0.717) is 12.0 Å². The van der Waals surface area contributed by atoms with Gasteiger partial charge in [-0.05, 0) is 63.1 Å². The Morgan fingerprint density at radius 2 is 2.00 bits per heavy atom. The van der Waals surface area contributed by atoms with E-state index in [4.69, 9.17) is 0 Å². The predicted molar refractivity (Wildman–Crippen MR) is 93.7 cm³/mol. The lowest BCUT2D eigenvalue weighted by molar-refractivity contribution is -0.105. The van der Waals surface area contributed by atoms with Crippen LogP contribution in [0.25, 0.3) is 10.9 Å². The van der Waals surface area contributed by atoms with E-state index in [0.717, 1.165) is 29.7 Å². The van der Waals surface area contributed by atoms with Gasteiger partial charge in [0.15, 0.2) is 0 Å². The van der Waals surface area contributed by atoms with Crippen molar-refractivity contribution in [2.75, 3.05) is 5.32 Å². The number of rotatable bonds is 4. The van der Waals surface area contributed by atoms with Crippen LogP contribution in [0.1, 0.15) is 51.0 Å². The van der Waals surface area contributed by atoms with E-state index in [1.165, 1.54) is 36.6 Å². The fourth-order valence-electron chi connectivity index (χ4n) is 5.03. The first-order valence-corrected chi connectivity index (χ1v) is 8.76. The van der Waals surface area contributed by atoms with Gasteiger partial charge in [-0.3, -0.25) is 9.69 Å². The zero-order valence-corrected chi connectivity index (χ0v) is 13.9. The van der Waals surface area contributed by atoms with E-state index in [1.54, 1.807) is 0 Å². The fourth-order valence-corrected chi connectivity index (χ4v) is 5.03. The van der Waals surface area contributed by atoms with Crippen molar-refractivity contribution in [3.63, 3.8) is 0 Å². The van der Waals surface area contributed by atoms with Crippen molar-refractivity contribution < 1.29 is 4.79 Å². The summed E-state index contributed by atoms with van der Waals surface area (Å²) in [6.45, 7) is 4.65. The van der Waals surface area contributed by atoms with Gasteiger partial charge in [0, 0.05) is 35.2 Å². The van der Waals surface area contributed by atoms with E-state index >= 15 is 0 Å². The number of H-pyrrole nitrogens is 1. The Morgan fingerprint density at radius 3 is 2.65 bits per heavy atom. The minimum absolute atomic E-state index is 0.589. The Bertz CT molecular complexity index is 706. The van der Waals surface area contributed by atoms with Crippen molar-refractivity contribution in [2.24, 2.45) is 0 Å². The standard InChI is InChI=1S/C19H25N3O/c1-12(2)22-14-6-7-15(22)9-13(8-14)16-10-20-17-4-3-5-18(19(16)17)21-11-23/h3-5,10-15,20H,6-9H2,1-2H3,(H,21,23). The molecule has 3 heterocycles. The number of benzene rings is 1. The molecule has 0 aliphatic carbocycles. The summed E-state index contributed by atoms with van der Waals surface area (Å²) < 4.78 is 0. The third-order valence-corrected chi connectivity index (χ3v) is 5.78. The van der Waals surface area contributed by atoms with Crippen molar-refractivity contribution in [3.05, 3.63) is 30.0 Å². The van der Waals surface area contributed by atoms with Gasteiger partial charge in [0.25, 0.3) is 0 Å². The molecule has 0 saturated carbocycles. The molecular weight excluding hydrogens is 286 g/mol. The van der Waals surface area contributed by atoms with Gasteiger partial charge in [0.1, 0.15) is 0 Å². The van der Waals surface area contributed by atoms with Crippen LogP contribution in [0.5, 0.6) is 0 Å². The predicted octanol–water partition coefficient (Wildman–Crippen LogP) is 3.86. The molecule has 2 aromatic rings. The average molecular weight is 311 g/mol. The molecule has 2 N–H and O–H groups in total. The smallest absolute Gasteiger partial charge is 0.211 e. The zero-order chi connectivity index (χ0) is 16.0. The van der Waals surface area contributed by atoms with Gasteiger partial charge in [-0.15, -0.1) is 0 Å². The normalized spacial score (nSPS) is 27.7. The van der Waals surface area contributed by atoms with Crippen LogP contribution in [0.4, 0.5) is 5.69 Å². The highest BCUT2D eigenvalue weighted by atomic mass is 16.1. The summed E-state index contributed by atoms with van der Waals surface area (Å²) in [5, 5.41) is 4.07. The molecule has 1 aromatic heterocycles. The van der Waals surface area contributed by atoms with Gasteiger partial charge >= 0.3 is 0 Å². The third kappa shape index (κ3) is 2.36. The number of fused-ring (bicyclic) bond motifs is 3. The number of carbonyl (C=O) groups is 1. The number of piperidine rings is 1. The zero-order valence-electron chi connectivity index (χ0n) is 13.9. The van der Waals surface area contributed by atoms with Gasteiger partial charge < -0.3 is 10.3 Å². The maximum atomic E-state index is 10.9. The summed E-state index contributed by atoms with van der Waals surface area (Å²) in [7, 11) is 0. The maximum Gasteiger partial charge on any atom is 0.211 e. The number of hydrogen-bond acceptors (Lipinski definition) is 2. The Hall–Kier alpha value is -1.81. The molecule has 4 heteroatoms. The summed E-state index contributed by atoms with van der Waals surface area (Å²) in [6, 6.07) is 8.14. The molecule has 2 unspecified atom stereocenters. The highest BCUT2D eigenvalue weighted by Crippen LogP contribution is 2.46. The Labute approximate surface area is 137 Å².